The van der Waals surface area contributed by atoms with E-state index >= 15 is 0 Å². The third kappa shape index (κ3) is 3.58. The predicted octanol–water partition coefficient (Wildman–Crippen LogP) is 4.30. The number of ketones is 1. The number of Topliss-reactive ketones (excluding diaryl/α,β-unsaturated/α-hetero) is 1. The zero-order valence-corrected chi connectivity index (χ0v) is 15.3. The molecule has 0 saturated heterocycles. The lowest BCUT2D eigenvalue weighted by atomic mass is 9.91. The second-order valence-electron chi connectivity index (χ2n) is 6.66. The molecule has 4 aromatic rings. The van der Waals surface area contributed by atoms with Crippen molar-refractivity contribution in [2.45, 2.75) is 5.92 Å². The minimum Gasteiger partial charge on any atom is -0.360 e. The van der Waals surface area contributed by atoms with E-state index in [4.69, 9.17) is 0 Å². The Kier molecular flexibility index (Phi) is 5.02. The quantitative estimate of drug-likeness (QED) is 0.394. The van der Waals surface area contributed by atoms with Gasteiger partial charge in [-0.05, 0) is 17.2 Å². The van der Waals surface area contributed by atoms with E-state index in [1.807, 2.05) is 84.9 Å². The Balaban J connectivity index is 1.54. The van der Waals surface area contributed by atoms with Gasteiger partial charge in [0.2, 0.25) is 0 Å². The first kappa shape index (κ1) is 17.7. The number of carbonyl (C=O) groups is 2. The lowest BCUT2D eigenvalue weighted by Gasteiger charge is -2.18. The highest BCUT2D eigenvalue weighted by molar-refractivity contribution is 6.44. The molecule has 0 fully saturated rings. The first-order chi connectivity index (χ1) is 13.7. The number of H-pyrrole nitrogens is 1. The summed E-state index contributed by atoms with van der Waals surface area (Å²) in [6.45, 7) is 0.348. The Morgan fingerprint density at radius 3 is 2.00 bits per heavy atom. The van der Waals surface area contributed by atoms with Crippen LogP contribution in [-0.2, 0) is 4.79 Å². The van der Waals surface area contributed by atoms with E-state index in [1.165, 1.54) is 0 Å². The average molecular weight is 368 g/mol. The molecule has 0 bridgehead atoms. The Hall–Kier alpha value is -3.66. The molecule has 28 heavy (non-hydrogen) atoms. The summed E-state index contributed by atoms with van der Waals surface area (Å²) in [7, 11) is 0. The van der Waals surface area contributed by atoms with Gasteiger partial charge < -0.3 is 10.3 Å². The number of carbonyl (C=O) groups excluding carboxylic acids is 2. The van der Waals surface area contributed by atoms with Crippen molar-refractivity contribution < 1.29 is 9.59 Å². The second kappa shape index (κ2) is 7.92. The lowest BCUT2D eigenvalue weighted by molar-refractivity contribution is -0.117. The van der Waals surface area contributed by atoms with Crippen LogP contribution in [0.4, 0.5) is 0 Å². The molecule has 0 saturated carbocycles. The number of aromatic nitrogens is 1. The summed E-state index contributed by atoms with van der Waals surface area (Å²) in [6.07, 6.45) is 1.60. The summed E-state index contributed by atoms with van der Waals surface area (Å²) in [5.41, 5.74) is 3.41. The molecule has 1 aromatic heterocycles. The van der Waals surface area contributed by atoms with E-state index in [0.29, 0.717) is 12.1 Å². The smallest absolute Gasteiger partial charge is 0.292 e. The summed E-state index contributed by atoms with van der Waals surface area (Å²) in [4.78, 5) is 28.3. The molecule has 0 spiro atoms. The molecule has 0 radical (unpaired) electrons. The number of fused-ring (bicyclic) bond motifs is 1. The number of nitrogens with one attached hydrogen (secondary N) is 2. The van der Waals surface area contributed by atoms with Crippen LogP contribution < -0.4 is 5.32 Å². The van der Waals surface area contributed by atoms with Gasteiger partial charge in [0.25, 0.3) is 11.7 Å². The average Bonchev–Trinajstić information content (AvgIpc) is 3.19. The van der Waals surface area contributed by atoms with E-state index in [0.717, 1.165) is 22.0 Å². The molecule has 4 nitrogen and oxygen atoms in total. The van der Waals surface area contributed by atoms with E-state index in [2.05, 4.69) is 10.3 Å². The van der Waals surface area contributed by atoms with Crippen molar-refractivity contribution in [2.24, 2.45) is 0 Å². The summed E-state index contributed by atoms with van der Waals surface area (Å²) >= 11 is 0. The van der Waals surface area contributed by atoms with Crippen LogP contribution in [0, 0.1) is 0 Å². The molecule has 2 N–H and O–H groups in total. The molecule has 0 unspecified atom stereocenters. The Morgan fingerprint density at radius 1 is 0.786 bits per heavy atom. The highest BCUT2D eigenvalue weighted by Gasteiger charge is 2.22. The SMILES string of the molecule is O=C(NCC(c1ccccc1)c1ccccc1)C(=O)c1c[nH]c2ccccc12. The third-order valence-corrected chi connectivity index (χ3v) is 4.91. The molecule has 4 rings (SSSR count). The molecule has 4 heteroatoms. The maximum Gasteiger partial charge on any atom is 0.292 e. The van der Waals surface area contributed by atoms with Crippen molar-refractivity contribution in [3.8, 4) is 0 Å². The second-order valence-corrected chi connectivity index (χ2v) is 6.66. The van der Waals surface area contributed by atoms with E-state index in [-0.39, 0.29) is 5.92 Å². The molecule has 0 aliphatic carbocycles. The molecule has 0 aliphatic rings. The first-order valence-corrected chi connectivity index (χ1v) is 9.22. The van der Waals surface area contributed by atoms with Gasteiger partial charge in [-0.3, -0.25) is 9.59 Å². The monoisotopic (exact) mass is 368 g/mol. The fourth-order valence-corrected chi connectivity index (χ4v) is 3.46. The highest BCUT2D eigenvalue weighted by Crippen LogP contribution is 2.24. The Bertz CT molecular complexity index is 1060. The number of aromatic amines is 1. The van der Waals surface area contributed by atoms with Gasteiger partial charge in [0.05, 0.1) is 5.56 Å². The van der Waals surface area contributed by atoms with Crippen LogP contribution in [0.25, 0.3) is 10.9 Å². The van der Waals surface area contributed by atoms with Crippen LogP contribution in [-0.4, -0.2) is 23.2 Å². The van der Waals surface area contributed by atoms with Gasteiger partial charge in [-0.25, -0.2) is 0 Å². The number of rotatable bonds is 6. The summed E-state index contributed by atoms with van der Waals surface area (Å²) in [6, 6.07) is 27.4. The highest BCUT2D eigenvalue weighted by atomic mass is 16.2. The van der Waals surface area contributed by atoms with Crippen molar-refractivity contribution in [1.29, 1.82) is 0 Å². The van der Waals surface area contributed by atoms with Gasteiger partial charge in [0.15, 0.2) is 0 Å². The van der Waals surface area contributed by atoms with Crippen molar-refractivity contribution in [3.05, 3.63) is 108 Å². The van der Waals surface area contributed by atoms with Crippen molar-refractivity contribution in [2.75, 3.05) is 6.54 Å². The fraction of sp³-hybridized carbons (Fsp3) is 0.0833. The van der Waals surface area contributed by atoms with Gasteiger partial charge in [0, 0.05) is 29.6 Å². The van der Waals surface area contributed by atoms with E-state index < -0.39 is 11.7 Å². The normalized spacial score (nSPS) is 10.9. The zero-order valence-electron chi connectivity index (χ0n) is 15.3. The van der Waals surface area contributed by atoms with Crippen LogP contribution >= 0.6 is 0 Å². The molecular formula is C24H20N2O2. The third-order valence-electron chi connectivity index (χ3n) is 4.91. The van der Waals surface area contributed by atoms with Gasteiger partial charge in [-0.1, -0.05) is 78.9 Å². The van der Waals surface area contributed by atoms with Gasteiger partial charge in [0.1, 0.15) is 0 Å². The fourth-order valence-electron chi connectivity index (χ4n) is 3.46. The van der Waals surface area contributed by atoms with Crippen molar-refractivity contribution in [3.63, 3.8) is 0 Å². The van der Waals surface area contributed by atoms with Crippen LogP contribution in [0.2, 0.25) is 0 Å². The van der Waals surface area contributed by atoms with Crippen molar-refractivity contribution in [1.82, 2.24) is 10.3 Å². The van der Waals surface area contributed by atoms with Gasteiger partial charge in [-0.2, -0.15) is 0 Å². The largest absolute Gasteiger partial charge is 0.360 e. The standard InChI is InChI=1S/C24H20N2O2/c27-23(21-16-25-22-14-8-7-13-19(21)22)24(28)26-15-20(17-9-3-1-4-10-17)18-11-5-2-6-12-18/h1-14,16,20,25H,15H2,(H,26,28). The number of hydrogen-bond acceptors (Lipinski definition) is 2. The lowest BCUT2D eigenvalue weighted by Crippen LogP contribution is -2.34. The van der Waals surface area contributed by atoms with Crippen LogP contribution in [0.1, 0.15) is 27.4 Å². The van der Waals surface area contributed by atoms with Crippen LogP contribution in [0.3, 0.4) is 0 Å². The number of amides is 1. The van der Waals surface area contributed by atoms with Crippen LogP contribution in [0.15, 0.2) is 91.1 Å². The molecule has 1 heterocycles. The summed E-state index contributed by atoms with van der Waals surface area (Å²) in [5, 5.41) is 3.59. The summed E-state index contributed by atoms with van der Waals surface area (Å²) < 4.78 is 0. The number of para-hydroxylation sites is 1. The van der Waals surface area contributed by atoms with Gasteiger partial charge >= 0.3 is 0 Å². The molecule has 0 atom stereocenters. The molecule has 138 valence electrons. The van der Waals surface area contributed by atoms with E-state index in [1.54, 1.807) is 6.20 Å². The summed E-state index contributed by atoms with van der Waals surface area (Å²) in [5.74, 6) is -1.15. The van der Waals surface area contributed by atoms with Crippen LogP contribution in [0.5, 0.6) is 0 Å². The first-order valence-electron chi connectivity index (χ1n) is 9.22. The topological polar surface area (TPSA) is 62.0 Å². The minimum absolute atomic E-state index is 0.0258. The Morgan fingerprint density at radius 2 is 1.36 bits per heavy atom. The number of hydrogen-bond donors (Lipinski definition) is 2. The molecule has 0 aliphatic heterocycles. The molecular weight excluding hydrogens is 348 g/mol. The van der Waals surface area contributed by atoms with Crippen molar-refractivity contribution >= 4 is 22.6 Å². The van der Waals surface area contributed by atoms with Gasteiger partial charge in [-0.15, -0.1) is 0 Å². The zero-order chi connectivity index (χ0) is 19.3. The minimum atomic E-state index is -0.596. The van der Waals surface area contributed by atoms with E-state index in [9.17, 15) is 9.59 Å². The molecule has 3 aromatic carbocycles. The maximum absolute atomic E-state index is 12.7. The predicted molar refractivity (Wildman–Crippen MR) is 110 cm³/mol. The maximum atomic E-state index is 12.7. The Labute approximate surface area is 163 Å². The number of benzene rings is 3. The molecule has 1 amide bonds.